The van der Waals surface area contributed by atoms with Crippen LogP contribution in [0.2, 0.25) is 0 Å². The molecule has 0 radical (unpaired) electrons. The molecule has 0 unspecified atom stereocenters. The van der Waals surface area contributed by atoms with Gasteiger partial charge in [-0.05, 0) is 30.5 Å². The first-order valence-electron chi connectivity index (χ1n) is 7.88. The Morgan fingerprint density at radius 1 is 1.35 bits per heavy atom. The zero-order valence-electron chi connectivity index (χ0n) is 13.3. The number of thiazole rings is 1. The van der Waals surface area contributed by atoms with Crippen LogP contribution in [0.4, 0.5) is 5.69 Å². The van der Waals surface area contributed by atoms with E-state index < -0.39 is 0 Å². The fourth-order valence-corrected chi connectivity index (χ4v) is 3.35. The molecule has 1 aliphatic heterocycles. The molecule has 1 aromatic carbocycles. The standard InChI is InChI=1S/C18H21N3OS/c1-20(18(22)9-8-16-13-23-14-19-16)12-15-6-2-3-7-17(15)21-10-4-5-11-21/h2-3,6-9,13-14H,4-5,10-12H2,1H3. The minimum atomic E-state index is -0.00535. The van der Waals surface area contributed by atoms with E-state index in [0.29, 0.717) is 6.54 Å². The number of amides is 1. The van der Waals surface area contributed by atoms with E-state index in [0.717, 1.165) is 18.8 Å². The van der Waals surface area contributed by atoms with Crippen molar-refractivity contribution in [2.75, 3.05) is 25.0 Å². The Morgan fingerprint density at radius 3 is 2.87 bits per heavy atom. The average molecular weight is 327 g/mol. The predicted octanol–water partition coefficient (Wildman–Crippen LogP) is 3.42. The first-order valence-corrected chi connectivity index (χ1v) is 8.82. The number of rotatable bonds is 5. The number of carbonyl (C=O) groups is 1. The van der Waals surface area contributed by atoms with E-state index in [1.807, 2.05) is 18.5 Å². The van der Waals surface area contributed by atoms with E-state index in [-0.39, 0.29) is 5.91 Å². The Bertz CT molecular complexity index is 675. The number of anilines is 1. The molecule has 0 N–H and O–H groups in total. The molecular weight excluding hydrogens is 306 g/mol. The van der Waals surface area contributed by atoms with Gasteiger partial charge >= 0.3 is 0 Å². The van der Waals surface area contributed by atoms with E-state index in [4.69, 9.17) is 0 Å². The van der Waals surface area contributed by atoms with Crippen molar-refractivity contribution in [1.82, 2.24) is 9.88 Å². The number of hydrogen-bond donors (Lipinski definition) is 0. The molecule has 3 rings (SSSR count). The van der Waals surface area contributed by atoms with Crippen molar-refractivity contribution in [1.29, 1.82) is 0 Å². The maximum absolute atomic E-state index is 12.3. The van der Waals surface area contributed by atoms with Gasteiger partial charge in [-0.25, -0.2) is 4.98 Å². The topological polar surface area (TPSA) is 36.4 Å². The van der Waals surface area contributed by atoms with Crippen LogP contribution in [-0.2, 0) is 11.3 Å². The molecule has 1 amide bonds. The number of benzene rings is 1. The van der Waals surface area contributed by atoms with Crippen LogP contribution in [0.3, 0.4) is 0 Å². The summed E-state index contributed by atoms with van der Waals surface area (Å²) < 4.78 is 0. The zero-order valence-corrected chi connectivity index (χ0v) is 14.1. The van der Waals surface area contributed by atoms with Crippen molar-refractivity contribution in [3.05, 3.63) is 52.5 Å². The lowest BCUT2D eigenvalue weighted by Gasteiger charge is -2.24. The summed E-state index contributed by atoms with van der Waals surface area (Å²) in [6, 6.07) is 8.38. The van der Waals surface area contributed by atoms with E-state index in [9.17, 15) is 4.79 Å². The largest absolute Gasteiger partial charge is 0.371 e. The average Bonchev–Trinajstić information content (AvgIpc) is 3.26. The van der Waals surface area contributed by atoms with Crippen LogP contribution in [0.1, 0.15) is 24.1 Å². The van der Waals surface area contributed by atoms with E-state index >= 15 is 0 Å². The first kappa shape index (κ1) is 15.7. The molecule has 0 aliphatic carbocycles. The quantitative estimate of drug-likeness (QED) is 0.790. The molecule has 2 heterocycles. The van der Waals surface area contributed by atoms with Gasteiger partial charge in [-0.15, -0.1) is 11.3 Å². The van der Waals surface area contributed by atoms with Crippen molar-refractivity contribution in [3.8, 4) is 0 Å². The van der Waals surface area contributed by atoms with E-state index in [2.05, 4.69) is 28.1 Å². The SMILES string of the molecule is CN(Cc1ccccc1N1CCCC1)C(=O)C=Cc1cscn1. The zero-order chi connectivity index (χ0) is 16.1. The molecular formula is C18H21N3OS. The van der Waals surface area contributed by atoms with Crippen LogP contribution < -0.4 is 4.90 Å². The monoisotopic (exact) mass is 327 g/mol. The highest BCUT2D eigenvalue weighted by molar-refractivity contribution is 7.07. The highest BCUT2D eigenvalue weighted by atomic mass is 32.1. The lowest BCUT2D eigenvalue weighted by Crippen LogP contribution is -2.26. The molecule has 5 heteroatoms. The number of likely N-dealkylation sites (N-methyl/N-ethyl adjacent to an activating group) is 1. The summed E-state index contributed by atoms with van der Waals surface area (Å²) in [6.07, 6.45) is 5.86. The minimum Gasteiger partial charge on any atom is -0.371 e. The Balaban J connectivity index is 1.67. The van der Waals surface area contributed by atoms with Crippen molar-refractivity contribution >= 4 is 29.0 Å². The van der Waals surface area contributed by atoms with Gasteiger partial charge in [-0.1, -0.05) is 18.2 Å². The number of carbonyl (C=O) groups excluding carboxylic acids is 1. The number of aromatic nitrogens is 1. The Labute approximate surface area is 141 Å². The lowest BCUT2D eigenvalue weighted by atomic mass is 10.1. The summed E-state index contributed by atoms with van der Waals surface area (Å²) in [7, 11) is 1.84. The van der Waals surface area contributed by atoms with Crippen molar-refractivity contribution in [2.45, 2.75) is 19.4 Å². The fraction of sp³-hybridized carbons (Fsp3) is 0.333. The van der Waals surface area contributed by atoms with Gasteiger partial charge in [0.2, 0.25) is 5.91 Å². The molecule has 1 fully saturated rings. The van der Waals surface area contributed by atoms with Gasteiger partial charge < -0.3 is 9.80 Å². The van der Waals surface area contributed by atoms with Gasteiger partial charge in [0.1, 0.15) is 0 Å². The van der Waals surface area contributed by atoms with Gasteiger partial charge in [0.15, 0.2) is 0 Å². The van der Waals surface area contributed by atoms with Crippen molar-refractivity contribution in [3.63, 3.8) is 0 Å². The number of hydrogen-bond acceptors (Lipinski definition) is 4. The summed E-state index contributed by atoms with van der Waals surface area (Å²) in [5, 5.41) is 1.92. The Hall–Kier alpha value is -2.14. The summed E-state index contributed by atoms with van der Waals surface area (Å²) in [4.78, 5) is 20.6. The molecule has 2 aromatic rings. The maximum atomic E-state index is 12.3. The summed E-state index contributed by atoms with van der Waals surface area (Å²) in [5.74, 6) is -0.00535. The second kappa shape index (κ2) is 7.42. The molecule has 4 nitrogen and oxygen atoms in total. The fourth-order valence-electron chi connectivity index (χ4n) is 2.83. The smallest absolute Gasteiger partial charge is 0.246 e. The van der Waals surface area contributed by atoms with Crippen LogP contribution in [0.15, 0.2) is 41.2 Å². The van der Waals surface area contributed by atoms with E-state index in [1.165, 1.54) is 35.4 Å². The highest BCUT2D eigenvalue weighted by Crippen LogP contribution is 2.25. The summed E-state index contributed by atoms with van der Waals surface area (Å²) in [6.45, 7) is 2.84. The summed E-state index contributed by atoms with van der Waals surface area (Å²) in [5.41, 5.74) is 5.05. The van der Waals surface area contributed by atoms with Crippen molar-refractivity contribution in [2.24, 2.45) is 0 Å². The normalized spacial score (nSPS) is 14.6. The van der Waals surface area contributed by atoms with Crippen LogP contribution in [0.25, 0.3) is 6.08 Å². The molecule has 1 aliphatic rings. The molecule has 23 heavy (non-hydrogen) atoms. The summed E-state index contributed by atoms with van der Waals surface area (Å²) >= 11 is 1.53. The van der Waals surface area contributed by atoms with Crippen molar-refractivity contribution < 1.29 is 4.79 Å². The third-order valence-electron chi connectivity index (χ3n) is 4.07. The molecule has 120 valence electrons. The predicted molar refractivity (Wildman–Crippen MR) is 95.5 cm³/mol. The van der Waals surface area contributed by atoms with E-state index in [1.54, 1.807) is 22.6 Å². The van der Waals surface area contributed by atoms with Crippen LogP contribution in [0.5, 0.6) is 0 Å². The second-order valence-corrected chi connectivity index (χ2v) is 6.48. The molecule has 0 spiro atoms. The molecule has 0 bridgehead atoms. The molecule has 0 saturated carbocycles. The van der Waals surface area contributed by atoms with Crippen LogP contribution >= 0.6 is 11.3 Å². The highest BCUT2D eigenvalue weighted by Gasteiger charge is 2.16. The van der Waals surface area contributed by atoms with Crippen LogP contribution in [-0.4, -0.2) is 35.9 Å². The first-order chi connectivity index (χ1) is 11.2. The van der Waals surface area contributed by atoms with Gasteiger partial charge in [-0.2, -0.15) is 0 Å². The lowest BCUT2D eigenvalue weighted by molar-refractivity contribution is -0.125. The number of para-hydroxylation sites is 1. The minimum absolute atomic E-state index is 0.00535. The maximum Gasteiger partial charge on any atom is 0.246 e. The van der Waals surface area contributed by atoms with Crippen LogP contribution in [0, 0.1) is 0 Å². The van der Waals surface area contributed by atoms with Gasteiger partial charge in [0, 0.05) is 43.8 Å². The molecule has 0 atom stereocenters. The second-order valence-electron chi connectivity index (χ2n) is 5.76. The molecule has 1 saturated heterocycles. The Morgan fingerprint density at radius 2 is 2.13 bits per heavy atom. The van der Waals surface area contributed by atoms with Gasteiger partial charge in [-0.3, -0.25) is 4.79 Å². The molecule has 1 aromatic heterocycles. The van der Waals surface area contributed by atoms with Gasteiger partial charge in [0.25, 0.3) is 0 Å². The number of nitrogens with zero attached hydrogens (tertiary/aromatic N) is 3. The third kappa shape index (κ3) is 3.99. The Kier molecular flexibility index (Phi) is 5.08. The van der Waals surface area contributed by atoms with Gasteiger partial charge in [0.05, 0.1) is 11.2 Å². The third-order valence-corrected chi connectivity index (χ3v) is 4.67.